The zero-order valence-corrected chi connectivity index (χ0v) is 14.3. The third-order valence-electron chi connectivity index (χ3n) is 4.18. The first-order valence-corrected chi connectivity index (χ1v) is 8.37. The SMILES string of the molecule is CC(C)NCC(=O)N1CCn2cccc2C1c1cccc(Cl)c1. The van der Waals surface area contributed by atoms with Gasteiger partial charge in [-0.15, -0.1) is 0 Å². The van der Waals surface area contributed by atoms with Gasteiger partial charge in [-0.2, -0.15) is 0 Å². The summed E-state index contributed by atoms with van der Waals surface area (Å²) >= 11 is 6.17. The van der Waals surface area contributed by atoms with Crippen molar-refractivity contribution in [2.75, 3.05) is 13.1 Å². The number of amides is 1. The maximum absolute atomic E-state index is 12.7. The summed E-state index contributed by atoms with van der Waals surface area (Å²) in [4.78, 5) is 14.7. The van der Waals surface area contributed by atoms with Crippen LogP contribution in [0.15, 0.2) is 42.6 Å². The molecule has 2 heterocycles. The zero-order valence-electron chi connectivity index (χ0n) is 13.5. The van der Waals surface area contributed by atoms with Crippen molar-refractivity contribution in [3.63, 3.8) is 0 Å². The molecule has 1 aromatic heterocycles. The van der Waals surface area contributed by atoms with Crippen LogP contribution in [0.1, 0.15) is 31.1 Å². The van der Waals surface area contributed by atoms with Crippen LogP contribution in [-0.2, 0) is 11.3 Å². The normalized spacial score (nSPS) is 17.4. The number of fused-ring (bicyclic) bond motifs is 1. The fourth-order valence-electron chi connectivity index (χ4n) is 3.07. The Hall–Kier alpha value is -1.78. The minimum absolute atomic E-state index is 0.0843. The minimum atomic E-state index is -0.0843. The average molecular weight is 332 g/mol. The van der Waals surface area contributed by atoms with E-state index in [1.54, 1.807) is 0 Å². The Labute approximate surface area is 142 Å². The molecule has 1 N–H and O–H groups in total. The fourth-order valence-corrected chi connectivity index (χ4v) is 3.27. The Morgan fingerprint density at radius 3 is 2.87 bits per heavy atom. The van der Waals surface area contributed by atoms with Gasteiger partial charge in [-0.1, -0.05) is 37.6 Å². The van der Waals surface area contributed by atoms with Crippen LogP contribution in [0.25, 0.3) is 0 Å². The van der Waals surface area contributed by atoms with Gasteiger partial charge in [0.1, 0.15) is 0 Å². The topological polar surface area (TPSA) is 37.3 Å². The van der Waals surface area contributed by atoms with Gasteiger partial charge < -0.3 is 14.8 Å². The average Bonchev–Trinajstić information content (AvgIpc) is 3.00. The molecule has 1 unspecified atom stereocenters. The number of nitrogens with one attached hydrogen (secondary N) is 1. The summed E-state index contributed by atoms with van der Waals surface area (Å²) in [5.74, 6) is 0.121. The summed E-state index contributed by atoms with van der Waals surface area (Å²) < 4.78 is 2.21. The molecule has 4 nitrogen and oxygen atoms in total. The van der Waals surface area contributed by atoms with Crippen molar-refractivity contribution in [1.29, 1.82) is 0 Å². The molecular weight excluding hydrogens is 310 g/mol. The molecule has 1 atom stereocenters. The van der Waals surface area contributed by atoms with Crippen molar-refractivity contribution < 1.29 is 4.79 Å². The third kappa shape index (κ3) is 3.43. The Kier molecular flexibility index (Phi) is 4.74. The van der Waals surface area contributed by atoms with E-state index in [9.17, 15) is 4.79 Å². The predicted octanol–water partition coefficient (Wildman–Crippen LogP) is 3.07. The van der Waals surface area contributed by atoms with E-state index < -0.39 is 0 Å². The largest absolute Gasteiger partial charge is 0.348 e. The molecule has 3 rings (SSSR count). The van der Waals surface area contributed by atoms with E-state index in [0.717, 1.165) is 17.8 Å². The van der Waals surface area contributed by atoms with E-state index >= 15 is 0 Å². The Balaban J connectivity index is 1.94. The van der Waals surface area contributed by atoms with Crippen molar-refractivity contribution >= 4 is 17.5 Å². The first-order chi connectivity index (χ1) is 11.1. The van der Waals surface area contributed by atoms with Gasteiger partial charge in [0.15, 0.2) is 0 Å². The molecule has 122 valence electrons. The molecule has 0 radical (unpaired) electrons. The van der Waals surface area contributed by atoms with E-state index in [1.807, 2.05) is 49.1 Å². The van der Waals surface area contributed by atoms with E-state index in [-0.39, 0.29) is 18.0 Å². The van der Waals surface area contributed by atoms with Gasteiger partial charge in [-0.3, -0.25) is 4.79 Å². The smallest absolute Gasteiger partial charge is 0.237 e. The molecule has 0 bridgehead atoms. The first kappa shape index (κ1) is 16.1. The fraction of sp³-hybridized carbons (Fsp3) is 0.389. The standard InChI is InChI=1S/C18H22ClN3O/c1-13(2)20-12-17(23)22-10-9-21-8-4-7-16(21)18(22)14-5-3-6-15(19)11-14/h3-8,11,13,18,20H,9-10,12H2,1-2H3. The lowest BCUT2D eigenvalue weighted by Crippen LogP contribution is -2.46. The number of hydrogen-bond donors (Lipinski definition) is 1. The van der Waals surface area contributed by atoms with Crippen LogP contribution < -0.4 is 5.32 Å². The second-order valence-corrected chi connectivity index (χ2v) is 6.64. The van der Waals surface area contributed by atoms with Crippen LogP contribution in [0.3, 0.4) is 0 Å². The van der Waals surface area contributed by atoms with Gasteiger partial charge in [0.25, 0.3) is 0 Å². The van der Waals surface area contributed by atoms with Crippen molar-refractivity contribution in [2.45, 2.75) is 32.5 Å². The first-order valence-electron chi connectivity index (χ1n) is 7.99. The number of nitrogens with zero attached hydrogens (tertiary/aromatic N) is 2. The lowest BCUT2D eigenvalue weighted by atomic mass is 10.00. The monoisotopic (exact) mass is 331 g/mol. The number of halogens is 1. The maximum Gasteiger partial charge on any atom is 0.237 e. The van der Waals surface area contributed by atoms with E-state index in [2.05, 4.69) is 22.1 Å². The molecule has 1 aliphatic heterocycles. The molecule has 0 aliphatic carbocycles. The number of rotatable bonds is 4. The number of benzene rings is 1. The maximum atomic E-state index is 12.7. The number of carbonyl (C=O) groups is 1. The molecule has 1 amide bonds. The lowest BCUT2D eigenvalue weighted by molar-refractivity contribution is -0.133. The van der Waals surface area contributed by atoms with Crippen LogP contribution in [0, 0.1) is 0 Å². The summed E-state index contributed by atoms with van der Waals surface area (Å²) in [6.45, 7) is 5.98. The summed E-state index contributed by atoms with van der Waals surface area (Å²) in [6.07, 6.45) is 2.07. The molecular formula is C18H22ClN3O. The summed E-state index contributed by atoms with van der Waals surface area (Å²) in [5, 5.41) is 3.91. The molecule has 1 aromatic carbocycles. The van der Waals surface area contributed by atoms with Crippen molar-refractivity contribution in [3.05, 3.63) is 58.9 Å². The van der Waals surface area contributed by atoms with Crippen LogP contribution in [-0.4, -0.2) is 34.5 Å². The third-order valence-corrected chi connectivity index (χ3v) is 4.42. The molecule has 0 saturated heterocycles. The van der Waals surface area contributed by atoms with Gasteiger partial charge in [0, 0.05) is 36.0 Å². The predicted molar refractivity (Wildman–Crippen MR) is 92.6 cm³/mol. The number of carbonyl (C=O) groups excluding carboxylic acids is 1. The molecule has 2 aromatic rings. The highest BCUT2D eigenvalue weighted by Crippen LogP contribution is 2.33. The van der Waals surface area contributed by atoms with Crippen molar-refractivity contribution in [1.82, 2.24) is 14.8 Å². The van der Waals surface area contributed by atoms with Gasteiger partial charge >= 0.3 is 0 Å². The van der Waals surface area contributed by atoms with Gasteiger partial charge in [0.2, 0.25) is 5.91 Å². The quantitative estimate of drug-likeness (QED) is 0.935. The van der Waals surface area contributed by atoms with E-state index in [4.69, 9.17) is 11.6 Å². The van der Waals surface area contributed by atoms with Crippen molar-refractivity contribution in [3.8, 4) is 0 Å². The summed E-state index contributed by atoms with van der Waals surface area (Å²) in [7, 11) is 0. The summed E-state index contributed by atoms with van der Waals surface area (Å²) in [5.41, 5.74) is 2.19. The molecule has 0 fully saturated rings. The van der Waals surface area contributed by atoms with Gasteiger partial charge in [-0.25, -0.2) is 0 Å². The highest BCUT2D eigenvalue weighted by Gasteiger charge is 2.31. The summed E-state index contributed by atoms with van der Waals surface area (Å²) in [6, 6.07) is 12.1. The zero-order chi connectivity index (χ0) is 16.4. The Bertz CT molecular complexity index is 695. The molecule has 1 aliphatic rings. The molecule has 0 saturated carbocycles. The Morgan fingerprint density at radius 1 is 1.30 bits per heavy atom. The van der Waals surface area contributed by atoms with Crippen LogP contribution in [0.5, 0.6) is 0 Å². The number of hydrogen-bond acceptors (Lipinski definition) is 2. The highest BCUT2D eigenvalue weighted by molar-refractivity contribution is 6.30. The van der Waals surface area contributed by atoms with Crippen LogP contribution in [0.4, 0.5) is 0 Å². The van der Waals surface area contributed by atoms with Gasteiger partial charge in [-0.05, 0) is 29.8 Å². The minimum Gasteiger partial charge on any atom is -0.348 e. The number of aromatic nitrogens is 1. The highest BCUT2D eigenvalue weighted by atomic mass is 35.5. The molecule has 0 spiro atoms. The molecule has 23 heavy (non-hydrogen) atoms. The van der Waals surface area contributed by atoms with Gasteiger partial charge in [0.05, 0.1) is 12.6 Å². The second-order valence-electron chi connectivity index (χ2n) is 6.21. The lowest BCUT2D eigenvalue weighted by Gasteiger charge is -2.37. The van der Waals surface area contributed by atoms with Crippen molar-refractivity contribution in [2.24, 2.45) is 0 Å². The van der Waals surface area contributed by atoms with Crippen LogP contribution in [0.2, 0.25) is 5.02 Å². The van der Waals surface area contributed by atoms with Crippen LogP contribution >= 0.6 is 11.6 Å². The van der Waals surface area contributed by atoms with E-state index in [1.165, 1.54) is 0 Å². The Morgan fingerprint density at radius 2 is 2.13 bits per heavy atom. The van der Waals surface area contributed by atoms with E-state index in [0.29, 0.717) is 18.1 Å². The second kappa shape index (κ2) is 6.77. The molecule has 5 heteroatoms.